The summed E-state index contributed by atoms with van der Waals surface area (Å²) in [4.78, 5) is 17.2. The van der Waals surface area contributed by atoms with E-state index in [4.69, 9.17) is 0 Å². The first kappa shape index (κ1) is 11.6. The molecule has 2 amide bonds. The van der Waals surface area contributed by atoms with Crippen molar-refractivity contribution in [3.63, 3.8) is 0 Å². The Labute approximate surface area is 99.0 Å². The number of amides is 2. The van der Waals surface area contributed by atoms with E-state index in [1.165, 1.54) is 18.6 Å². The Morgan fingerprint density at radius 3 is 2.71 bits per heavy atom. The van der Waals surface area contributed by atoms with Crippen LogP contribution in [-0.2, 0) is 0 Å². The number of aromatic nitrogens is 1. The van der Waals surface area contributed by atoms with Crippen molar-refractivity contribution < 1.29 is 9.18 Å². The third-order valence-corrected chi connectivity index (χ3v) is 2.67. The fraction of sp³-hybridized carbons (Fsp3) is 0.455. The SMILES string of the molecule is O=C(NNc1ccc(F)cn1)N1CCCCC1. The minimum absolute atomic E-state index is 0.171. The van der Waals surface area contributed by atoms with Gasteiger partial charge in [0.15, 0.2) is 0 Å². The lowest BCUT2D eigenvalue weighted by molar-refractivity contribution is 0.188. The largest absolute Gasteiger partial charge is 0.336 e. The number of piperidine rings is 1. The maximum atomic E-state index is 12.6. The first-order valence-corrected chi connectivity index (χ1v) is 5.68. The van der Waals surface area contributed by atoms with Gasteiger partial charge in [0.1, 0.15) is 11.6 Å². The second kappa shape index (κ2) is 5.47. The van der Waals surface area contributed by atoms with Crippen LogP contribution in [0.4, 0.5) is 15.0 Å². The standard InChI is InChI=1S/C11H15FN4O/c12-9-4-5-10(13-8-9)14-15-11(17)16-6-2-1-3-7-16/h4-5,8H,1-3,6-7H2,(H,13,14)(H,15,17). The van der Waals surface area contributed by atoms with Gasteiger partial charge < -0.3 is 4.90 Å². The van der Waals surface area contributed by atoms with E-state index in [0.717, 1.165) is 32.1 Å². The van der Waals surface area contributed by atoms with E-state index in [-0.39, 0.29) is 6.03 Å². The number of hydrazine groups is 1. The maximum Gasteiger partial charge on any atom is 0.336 e. The van der Waals surface area contributed by atoms with Gasteiger partial charge in [-0.25, -0.2) is 14.2 Å². The molecule has 2 N–H and O–H groups in total. The molecule has 0 saturated carbocycles. The van der Waals surface area contributed by atoms with Crippen LogP contribution in [0.3, 0.4) is 0 Å². The van der Waals surface area contributed by atoms with Crippen molar-refractivity contribution in [1.82, 2.24) is 15.3 Å². The summed E-state index contributed by atoms with van der Waals surface area (Å²) in [7, 11) is 0. The van der Waals surface area contributed by atoms with Crippen LogP contribution in [0.5, 0.6) is 0 Å². The molecule has 0 radical (unpaired) electrons. The molecule has 92 valence electrons. The summed E-state index contributed by atoms with van der Waals surface area (Å²) in [6, 6.07) is 2.57. The minimum atomic E-state index is -0.405. The van der Waals surface area contributed by atoms with Gasteiger partial charge >= 0.3 is 6.03 Å². The van der Waals surface area contributed by atoms with Crippen LogP contribution in [0.2, 0.25) is 0 Å². The van der Waals surface area contributed by atoms with Crippen molar-refractivity contribution in [2.75, 3.05) is 18.5 Å². The number of pyridine rings is 1. The van der Waals surface area contributed by atoms with Crippen molar-refractivity contribution in [1.29, 1.82) is 0 Å². The summed E-state index contributed by atoms with van der Waals surface area (Å²) in [5.41, 5.74) is 5.19. The number of likely N-dealkylation sites (tertiary alicyclic amines) is 1. The fourth-order valence-corrected chi connectivity index (χ4v) is 1.74. The number of rotatable bonds is 2. The summed E-state index contributed by atoms with van der Waals surface area (Å²) in [5.74, 6) is 0.00895. The van der Waals surface area contributed by atoms with Gasteiger partial charge in [0.05, 0.1) is 6.20 Å². The zero-order valence-electron chi connectivity index (χ0n) is 9.45. The van der Waals surface area contributed by atoms with Gasteiger partial charge in [-0.2, -0.15) is 0 Å². The van der Waals surface area contributed by atoms with Crippen LogP contribution in [0, 0.1) is 5.82 Å². The fourth-order valence-electron chi connectivity index (χ4n) is 1.74. The Kier molecular flexibility index (Phi) is 3.74. The van der Waals surface area contributed by atoms with Crippen molar-refractivity contribution in [3.05, 3.63) is 24.1 Å². The molecular weight excluding hydrogens is 223 g/mol. The number of carbonyl (C=O) groups excluding carboxylic acids is 1. The van der Waals surface area contributed by atoms with E-state index >= 15 is 0 Å². The molecule has 0 unspecified atom stereocenters. The highest BCUT2D eigenvalue weighted by Gasteiger charge is 2.15. The molecule has 5 nitrogen and oxygen atoms in total. The quantitative estimate of drug-likeness (QED) is 0.772. The molecule has 0 atom stereocenters. The van der Waals surface area contributed by atoms with Crippen molar-refractivity contribution in [2.45, 2.75) is 19.3 Å². The molecule has 0 aromatic carbocycles. The molecule has 1 aromatic heterocycles. The highest BCUT2D eigenvalue weighted by molar-refractivity contribution is 5.75. The molecule has 1 aliphatic rings. The third-order valence-electron chi connectivity index (χ3n) is 2.67. The Morgan fingerprint density at radius 2 is 2.06 bits per heavy atom. The van der Waals surface area contributed by atoms with Gasteiger partial charge in [0.2, 0.25) is 0 Å². The van der Waals surface area contributed by atoms with Crippen LogP contribution in [-0.4, -0.2) is 29.0 Å². The zero-order valence-corrected chi connectivity index (χ0v) is 9.45. The molecular formula is C11H15FN4O. The minimum Gasteiger partial charge on any atom is -0.323 e. The van der Waals surface area contributed by atoms with E-state index in [2.05, 4.69) is 15.8 Å². The van der Waals surface area contributed by atoms with Crippen molar-refractivity contribution in [2.24, 2.45) is 0 Å². The molecule has 2 heterocycles. The van der Waals surface area contributed by atoms with E-state index < -0.39 is 5.82 Å². The van der Waals surface area contributed by atoms with E-state index in [9.17, 15) is 9.18 Å². The smallest absolute Gasteiger partial charge is 0.323 e. The van der Waals surface area contributed by atoms with Crippen molar-refractivity contribution in [3.8, 4) is 0 Å². The van der Waals surface area contributed by atoms with Crippen LogP contribution in [0.25, 0.3) is 0 Å². The summed E-state index contributed by atoms with van der Waals surface area (Å²) >= 11 is 0. The maximum absolute atomic E-state index is 12.6. The molecule has 0 aliphatic carbocycles. The average molecular weight is 238 g/mol. The highest BCUT2D eigenvalue weighted by atomic mass is 19.1. The van der Waals surface area contributed by atoms with Crippen LogP contribution < -0.4 is 10.9 Å². The molecule has 17 heavy (non-hydrogen) atoms. The lowest BCUT2D eigenvalue weighted by atomic mass is 10.1. The average Bonchev–Trinajstić information content (AvgIpc) is 2.39. The lowest BCUT2D eigenvalue weighted by Gasteiger charge is -2.26. The summed E-state index contributed by atoms with van der Waals surface area (Å²) < 4.78 is 12.6. The molecule has 1 fully saturated rings. The molecule has 2 rings (SSSR count). The van der Waals surface area contributed by atoms with Gasteiger partial charge in [0.25, 0.3) is 0 Å². The number of hydrogen-bond acceptors (Lipinski definition) is 3. The Hall–Kier alpha value is -1.85. The highest BCUT2D eigenvalue weighted by Crippen LogP contribution is 2.08. The van der Waals surface area contributed by atoms with Gasteiger partial charge in [-0.3, -0.25) is 10.9 Å². The van der Waals surface area contributed by atoms with E-state index in [1.807, 2.05) is 0 Å². The number of hydrogen-bond donors (Lipinski definition) is 2. The number of halogens is 1. The molecule has 1 aromatic rings. The summed E-state index contributed by atoms with van der Waals surface area (Å²) in [6.07, 6.45) is 4.36. The normalized spacial score (nSPS) is 15.5. The van der Waals surface area contributed by atoms with Crippen LogP contribution >= 0.6 is 0 Å². The first-order valence-electron chi connectivity index (χ1n) is 5.68. The van der Waals surface area contributed by atoms with Crippen LogP contribution in [0.1, 0.15) is 19.3 Å². The third kappa shape index (κ3) is 3.30. The van der Waals surface area contributed by atoms with Gasteiger partial charge in [-0.1, -0.05) is 0 Å². The Bertz CT molecular complexity index is 376. The second-order valence-electron chi connectivity index (χ2n) is 3.96. The molecule has 1 saturated heterocycles. The topological polar surface area (TPSA) is 57.3 Å². The number of urea groups is 1. The number of anilines is 1. The number of carbonyl (C=O) groups is 1. The monoisotopic (exact) mass is 238 g/mol. The van der Waals surface area contributed by atoms with Gasteiger partial charge in [-0.15, -0.1) is 0 Å². The molecule has 0 bridgehead atoms. The summed E-state index contributed by atoms with van der Waals surface area (Å²) in [6.45, 7) is 1.56. The zero-order chi connectivity index (χ0) is 12.1. The lowest BCUT2D eigenvalue weighted by Crippen LogP contribution is -2.45. The number of nitrogens with one attached hydrogen (secondary N) is 2. The summed E-state index contributed by atoms with van der Waals surface area (Å²) in [5, 5.41) is 0. The second-order valence-corrected chi connectivity index (χ2v) is 3.96. The first-order chi connectivity index (χ1) is 8.25. The molecule has 6 heteroatoms. The van der Waals surface area contributed by atoms with Crippen molar-refractivity contribution >= 4 is 11.8 Å². The van der Waals surface area contributed by atoms with Gasteiger partial charge in [0, 0.05) is 13.1 Å². The predicted molar refractivity (Wildman–Crippen MR) is 61.8 cm³/mol. The Balaban J connectivity index is 1.81. The van der Waals surface area contributed by atoms with E-state index in [0.29, 0.717) is 5.82 Å². The molecule has 1 aliphatic heterocycles. The van der Waals surface area contributed by atoms with Crippen LogP contribution in [0.15, 0.2) is 18.3 Å². The number of nitrogens with zero attached hydrogens (tertiary/aromatic N) is 2. The Morgan fingerprint density at radius 1 is 1.29 bits per heavy atom. The van der Waals surface area contributed by atoms with E-state index in [1.54, 1.807) is 4.90 Å². The van der Waals surface area contributed by atoms with Gasteiger partial charge in [-0.05, 0) is 31.4 Å². The predicted octanol–water partition coefficient (Wildman–Crippen LogP) is 1.74. The molecule has 0 spiro atoms.